The van der Waals surface area contributed by atoms with Crippen molar-refractivity contribution >= 4 is 17.3 Å². The Balaban J connectivity index is 1.98. The molecule has 3 rings (SSSR count). The maximum atomic E-state index is 12.4. The molecule has 1 aromatic carbocycles. The van der Waals surface area contributed by atoms with Crippen LogP contribution in [-0.2, 0) is 6.42 Å². The van der Waals surface area contributed by atoms with Gasteiger partial charge in [-0.1, -0.05) is 18.2 Å². The number of nitrogens with two attached hydrogens (primary N) is 1. The summed E-state index contributed by atoms with van der Waals surface area (Å²) in [6, 6.07) is 7.92. The molecule has 0 saturated heterocycles. The molecular weight excluding hydrogens is 228 g/mol. The molecule has 0 atom stereocenters. The number of anilines is 2. The van der Waals surface area contributed by atoms with Crippen LogP contribution in [0.2, 0.25) is 0 Å². The summed E-state index contributed by atoms with van der Waals surface area (Å²) in [7, 11) is 0. The van der Waals surface area contributed by atoms with Crippen molar-refractivity contribution in [1.29, 1.82) is 0 Å². The number of nitrogens with one attached hydrogen (secondary N) is 1. The van der Waals surface area contributed by atoms with E-state index in [1.54, 1.807) is 11.8 Å². The number of nitrogens with zero attached hydrogens (tertiary/aromatic N) is 2. The first-order valence-corrected chi connectivity index (χ1v) is 5.88. The van der Waals surface area contributed by atoms with E-state index in [2.05, 4.69) is 10.2 Å². The normalized spacial score (nSPS) is 13.7. The number of rotatable bonds is 1. The molecule has 0 bridgehead atoms. The molecule has 3 N–H and O–H groups in total. The number of aryl methyl sites for hydroxylation is 1. The molecule has 0 aliphatic carbocycles. The largest absolute Gasteiger partial charge is 0.395 e. The Labute approximate surface area is 105 Å². The number of hydrogen-bond donors (Lipinski definition) is 2. The number of H-pyrrole nitrogens is 1. The van der Waals surface area contributed by atoms with Crippen molar-refractivity contribution in [2.75, 3.05) is 17.2 Å². The van der Waals surface area contributed by atoms with Gasteiger partial charge in [0.25, 0.3) is 5.91 Å². The van der Waals surface area contributed by atoms with Crippen molar-refractivity contribution in [3.05, 3.63) is 41.2 Å². The fourth-order valence-electron chi connectivity index (χ4n) is 2.28. The van der Waals surface area contributed by atoms with Crippen LogP contribution in [-0.4, -0.2) is 22.6 Å². The molecule has 0 spiro atoms. The van der Waals surface area contributed by atoms with Gasteiger partial charge in [0.1, 0.15) is 0 Å². The molecule has 0 fully saturated rings. The van der Waals surface area contributed by atoms with Crippen LogP contribution < -0.4 is 10.6 Å². The summed E-state index contributed by atoms with van der Waals surface area (Å²) in [5.41, 5.74) is 9.47. The van der Waals surface area contributed by atoms with Crippen LogP contribution >= 0.6 is 0 Å². The summed E-state index contributed by atoms with van der Waals surface area (Å²) in [4.78, 5) is 14.1. The molecule has 5 heteroatoms. The minimum absolute atomic E-state index is 0.137. The standard InChI is InChI=1S/C13H14N4O/c1-8-11(14)12(16-15-8)13(18)17-7-6-9-4-2-3-5-10(9)17/h2-5H,6-7,14H2,1H3,(H,15,16). The molecule has 0 saturated carbocycles. The molecule has 2 heterocycles. The predicted molar refractivity (Wildman–Crippen MR) is 69.6 cm³/mol. The summed E-state index contributed by atoms with van der Waals surface area (Å²) >= 11 is 0. The first-order valence-electron chi connectivity index (χ1n) is 5.88. The van der Waals surface area contributed by atoms with Crippen LogP contribution in [0.1, 0.15) is 21.7 Å². The van der Waals surface area contributed by atoms with Gasteiger partial charge in [-0.05, 0) is 25.0 Å². The van der Waals surface area contributed by atoms with Crippen LogP contribution in [0.25, 0.3) is 0 Å². The predicted octanol–water partition coefficient (Wildman–Crippen LogP) is 1.50. The molecule has 1 aliphatic rings. The van der Waals surface area contributed by atoms with E-state index in [1.807, 2.05) is 24.3 Å². The fourth-order valence-corrected chi connectivity index (χ4v) is 2.28. The first kappa shape index (κ1) is 10.8. The van der Waals surface area contributed by atoms with E-state index in [9.17, 15) is 4.79 Å². The number of aromatic nitrogens is 2. The highest BCUT2D eigenvalue weighted by molar-refractivity contribution is 6.09. The molecule has 1 aromatic heterocycles. The van der Waals surface area contributed by atoms with Gasteiger partial charge in [-0.2, -0.15) is 5.10 Å². The van der Waals surface area contributed by atoms with E-state index in [0.717, 1.165) is 17.8 Å². The molecule has 18 heavy (non-hydrogen) atoms. The minimum Gasteiger partial charge on any atom is -0.395 e. The van der Waals surface area contributed by atoms with Gasteiger partial charge in [-0.15, -0.1) is 0 Å². The molecule has 0 unspecified atom stereocenters. The van der Waals surface area contributed by atoms with E-state index in [-0.39, 0.29) is 5.91 Å². The van der Waals surface area contributed by atoms with Gasteiger partial charge in [0, 0.05) is 12.2 Å². The lowest BCUT2D eigenvalue weighted by Crippen LogP contribution is -2.29. The number of nitrogen functional groups attached to an aromatic ring is 1. The Morgan fingerprint density at radius 3 is 2.94 bits per heavy atom. The fraction of sp³-hybridized carbons (Fsp3) is 0.231. The smallest absolute Gasteiger partial charge is 0.280 e. The van der Waals surface area contributed by atoms with Crippen LogP contribution in [0.5, 0.6) is 0 Å². The molecule has 0 radical (unpaired) electrons. The third-order valence-electron chi connectivity index (χ3n) is 3.33. The van der Waals surface area contributed by atoms with Crippen molar-refractivity contribution in [3.8, 4) is 0 Å². The van der Waals surface area contributed by atoms with E-state index in [0.29, 0.717) is 17.9 Å². The second-order valence-electron chi connectivity index (χ2n) is 4.45. The van der Waals surface area contributed by atoms with Gasteiger partial charge in [0.15, 0.2) is 5.69 Å². The average Bonchev–Trinajstić information content (AvgIpc) is 2.94. The quantitative estimate of drug-likeness (QED) is 0.795. The first-order chi connectivity index (χ1) is 8.68. The van der Waals surface area contributed by atoms with Gasteiger partial charge in [-0.3, -0.25) is 9.89 Å². The van der Waals surface area contributed by atoms with Crippen LogP contribution in [0.4, 0.5) is 11.4 Å². The van der Waals surface area contributed by atoms with Crippen molar-refractivity contribution < 1.29 is 4.79 Å². The topological polar surface area (TPSA) is 75.0 Å². The number of carbonyl (C=O) groups is 1. The van der Waals surface area contributed by atoms with Crippen LogP contribution in [0.3, 0.4) is 0 Å². The number of para-hydroxylation sites is 1. The zero-order valence-electron chi connectivity index (χ0n) is 10.1. The SMILES string of the molecule is Cc1[nH]nc(C(=O)N2CCc3ccccc32)c1N. The number of benzene rings is 1. The number of aromatic amines is 1. The van der Waals surface area contributed by atoms with Gasteiger partial charge < -0.3 is 10.6 Å². The van der Waals surface area contributed by atoms with Gasteiger partial charge in [-0.25, -0.2) is 0 Å². The van der Waals surface area contributed by atoms with Crippen molar-refractivity contribution in [1.82, 2.24) is 10.2 Å². The number of amides is 1. The maximum Gasteiger partial charge on any atom is 0.280 e. The zero-order valence-corrected chi connectivity index (χ0v) is 10.1. The van der Waals surface area contributed by atoms with Gasteiger partial charge >= 0.3 is 0 Å². The highest BCUT2D eigenvalue weighted by atomic mass is 16.2. The zero-order chi connectivity index (χ0) is 12.7. The maximum absolute atomic E-state index is 12.4. The third kappa shape index (κ3) is 1.48. The lowest BCUT2D eigenvalue weighted by atomic mass is 10.2. The lowest BCUT2D eigenvalue weighted by Gasteiger charge is -2.16. The van der Waals surface area contributed by atoms with Crippen molar-refractivity contribution in [3.63, 3.8) is 0 Å². The Morgan fingerprint density at radius 1 is 1.44 bits per heavy atom. The second kappa shape index (κ2) is 3.87. The number of fused-ring (bicyclic) bond motifs is 1. The van der Waals surface area contributed by atoms with E-state index in [4.69, 9.17) is 5.73 Å². The van der Waals surface area contributed by atoms with Crippen LogP contribution in [0, 0.1) is 6.92 Å². The van der Waals surface area contributed by atoms with E-state index in [1.165, 1.54) is 5.56 Å². The van der Waals surface area contributed by atoms with Crippen molar-refractivity contribution in [2.45, 2.75) is 13.3 Å². The second-order valence-corrected chi connectivity index (χ2v) is 4.45. The molecular formula is C13H14N4O. The highest BCUT2D eigenvalue weighted by Crippen LogP contribution is 2.29. The summed E-state index contributed by atoms with van der Waals surface area (Å²) in [5.74, 6) is -0.137. The highest BCUT2D eigenvalue weighted by Gasteiger charge is 2.28. The number of carbonyl (C=O) groups excluding carboxylic acids is 1. The summed E-state index contributed by atoms with van der Waals surface area (Å²) in [5, 5.41) is 6.73. The van der Waals surface area contributed by atoms with Gasteiger partial charge in [0.05, 0.1) is 11.4 Å². The third-order valence-corrected chi connectivity index (χ3v) is 3.33. The monoisotopic (exact) mass is 242 g/mol. The Kier molecular flexibility index (Phi) is 2.33. The summed E-state index contributed by atoms with van der Waals surface area (Å²) in [6.45, 7) is 2.49. The minimum atomic E-state index is -0.137. The Morgan fingerprint density at radius 2 is 2.22 bits per heavy atom. The Bertz CT molecular complexity index is 617. The summed E-state index contributed by atoms with van der Waals surface area (Å²) < 4.78 is 0. The van der Waals surface area contributed by atoms with Gasteiger partial charge in [0.2, 0.25) is 0 Å². The molecule has 1 aliphatic heterocycles. The summed E-state index contributed by atoms with van der Waals surface area (Å²) in [6.07, 6.45) is 0.880. The Hall–Kier alpha value is -2.30. The average molecular weight is 242 g/mol. The van der Waals surface area contributed by atoms with Crippen molar-refractivity contribution in [2.24, 2.45) is 0 Å². The molecule has 1 amide bonds. The van der Waals surface area contributed by atoms with E-state index < -0.39 is 0 Å². The van der Waals surface area contributed by atoms with E-state index >= 15 is 0 Å². The molecule has 92 valence electrons. The van der Waals surface area contributed by atoms with Crippen LogP contribution in [0.15, 0.2) is 24.3 Å². The number of hydrogen-bond acceptors (Lipinski definition) is 3. The lowest BCUT2D eigenvalue weighted by molar-refractivity contribution is 0.0985. The molecule has 2 aromatic rings. The molecule has 5 nitrogen and oxygen atoms in total.